The van der Waals surface area contributed by atoms with Crippen molar-refractivity contribution >= 4 is 28.5 Å². The van der Waals surface area contributed by atoms with Crippen LogP contribution in [0, 0.1) is 5.92 Å². The van der Waals surface area contributed by atoms with E-state index in [0.29, 0.717) is 17.9 Å². The third-order valence-corrected chi connectivity index (χ3v) is 6.63. The first kappa shape index (κ1) is 21.6. The second-order valence-corrected chi connectivity index (χ2v) is 8.42. The highest BCUT2D eigenvalue weighted by Gasteiger charge is 2.31. The molecule has 0 spiro atoms. The van der Waals surface area contributed by atoms with Gasteiger partial charge in [0.25, 0.3) is 0 Å². The predicted octanol–water partition coefficient (Wildman–Crippen LogP) is 1.54. The molecule has 2 aromatic rings. The van der Waals surface area contributed by atoms with Gasteiger partial charge < -0.3 is 14.4 Å². The van der Waals surface area contributed by atoms with Crippen molar-refractivity contribution in [2.75, 3.05) is 32.2 Å². The number of amides is 2. The molecule has 2 amide bonds. The summed E-state index contributed by atoms with van der Waals surface area (Å²) in [7, 11) is 5.06. The lowest BCUT2D eigenvalue weighted by molar-refractivity contribution is -0.135. The molecule has 2 fully saturated rings. The van der Waals surface area contributed by atoms with Gasteiger partial charge in [0.15, 0.2) is 6.29 Å². The van der Waals surface area contributed by atoms with Crippen molar-refractivity contribution in [3.8, 4) is 0 Å². The number of anilines is 1. The van der Waals surface area contributed by atoms with Crippen molar-refractivity contribution in [2.45, 2.75) is 44.4 Å². The SMILES string of the molecule is COC(CC1CCN(c2ccc3c(c2)n(C)c(=O)n3C2CCC(=O)NC2=O)CC1)OC. The Hall–Kier alpha value is -2.65. The minimum atomic E-state index is -0.662. The quantitative estimate of drug-likeness (QED) is 0.552. The summed E-state index contributed by atoms with van der Waals surface area (Å²) in [6.45, 7) is 1.86. The van der Waals surface area contributed by atoms with Crippen LogP contribution >= 0.6 is 0 Å². The summed E-state index contributed by atoms with van der Waals surface area (Å²) < 4.78 is 13.8. The van der Waals surface area contributed by atoms with Gasteiger partial charge in [0, 0.05) is 52.9 Å². The fourth-order valence-electron chi connectivity index (χ4n) is 4.77. The van der Waals surface area contributed by atoms with E-state index < -0.39 is 11.9 Å². The number of benzene rings is 1. The van der Waals surface area contributed by atoms with Crippen LogP contribution in [0.25, 0.3) is 11.0 Å². The van der Waals surface area contributed by atoms with Gasteiger partial charge >= 0.3 is 5.69 Å². The van der Waals surface area contributed by atoms with Crippen LogP contribution in [-0.4, -0.2) is 54.5 Å². The zero-order valence-corrected chi connectivity index (χ0v) is 18.3. The van der Waals surface area contributed by atoms with Gasteiger partial charge in [0.2, 0.25) is 11.8 Å². The number of piperidine rings is 2. The molecule has 0 aliphatic carbocycles. The molecule has 1 unspecified atom stereocenters. The molecule has 3 heterocycles. The Balaban J connectivity index is 1.55. The van der Waals surface area contributed by atoms with E-state index in [1.807, 2.05) is 18.2 Å². The van der Waals surface area contributed by atoms with Gasteiger partial charge in [-0.15, -0.1) is 0 Å². The van der Waals surface area contributed by atoms with E-state index in [-0.39, 0.29) is 24.3 Å². The van der Waals surface area contributed by atoms with Crippen molar-refractivity contribution in [3.63, 3.8) is 0 Å². The van der Waals surface area contributed by atoms with Gasteiger partial charge in [-0.1, -0.05) is 0 Å². The maximum Gasteiger partial charge on any atom is 0.329 e. The number of hydrogen-bond donors (Lipinski definition) is 1. The standard InChI is InChI=1S/C22H30N4O5/c1-24-18-13-15(25-10-8-14(9-11-25)12-20(30-2)31-3)4-5-16(18)26(22(24)29)17-6-7-19(27)23-21(17)28/h4-5,13-14,17,20H,6-12H2,1-3H3,(H,23,27,28). The molecule has 4 rings (SSSR count). The highest BCUT2D eigenvalue weighted by molar-refractivity contribution is 6.00. The number of imide groups is 1. The van der Waals surface area contributed by atoms with Crippen LogP contribution in [-0.2, 0) is 26.1 Å². The van der Waals surface area contributed by atoms with Crippen LogP contribution in [0.3, 0.4) is 0 Å². The monoisotopic (exact) mass is 430 g/mol. The maximum atomic E-state index is 12.9. The van der Waals surface area contributed by atoms with Crippen molar-refractivity contribution in [3.05, 3.63) is 28.7 Å². The van der Waals surface area contributed by atoms with Crippen molar-refractivity contribution in [1.82, 2.24) is 14.5 Å². The van der Waals surface area contributed by atoms with Crippen LogP contribution in [0.5, 0.6) is 0 Å². The average Bonchev–Trinajstić information content (AvgIpc) is 3.02. The van der Waals surface area contributed by atoms with Crippen molar-refractivity contribution in [2.24, 2.45) is 13.0 Å². The molecule has 9 heteroatoms. The first-order valence-electron chi connectivity index (χ1n) is 10.8. The lowest BCUT2D eigenvalue weighted by Crippen LogP contribution is -2.44. The van der Waals surface area contributed by atoms with Crippen molar-refractivity contribution < 1.29 is 19.1 Å². The van der Waals surface area contributed by atoms with Gasteiger partial charge in [-0.25, -0.2) is 4.79 Å². The number of fused-ring (bicyclic) bond motifs is 1. The number of ether oxygens (including phenoxy) is 2. The van der Waals surface area contributed by atoms with Gasteiger partial charge in [-0.05, 0) is 43.4 Å². The summed E-state index contributed by atoms with van der Waals surface area (Å²) in [5.41, 5.74) is 2.32. The van der Waals surface area contributed by atoms with Gasteiger partial charge in [0.1, 0.15) is 6.04 Å². The minimum Gasteiger partial charge on any atom is -0.371 e. The third-order valence-electron chi connectivity index (χ3n) is 6.63. The van der Waals surface area contributed by atoms with Gasteiger partial charge in [-0.3, -0.25) is 24.0 Å². The Kier molecular flexibility index (Phi) is 6.15. The van der Waals surface area contributed by atoms with Crippen LogP contribution in [0.4, 0.5) is 5.69 Å². The number of rotatable bonds is 6. The molecule has 1 aromatic heterocycles. The Morgan fingerprint density at radius 2 is 1.77 bits per heavy atom. The van der Waals surface area contributed by atoms with Crippen LogP contribution in [0.15, 0.2) is 23.0 Å². The number of aryl methyl sites for hydroxylation is 1. The largest absolute Gasteiger partial charge is 0.371 e. The van der Waals surface area contributed by atoms with Crippen LogP contribution in [0.2, 0.25) is 0 Å². The van der Waals surface area contributed by atoms with Crippen molar-refractivity contribution in [1.29, 1.82) is 0 Å². The van der Waals surface area contributed by atoms with Crippen LogP contribution < -0.4 is 15.9 Å². The number of hydrogen-bond acceptors (Lipinski definition) is 6. The smallest absolute Gasteiger partial charge is 0.329 e. The zero-order chi connectivity index (χ0) is 22.1. The first-order chi connectivity index (χ1) is 14.9. The summed E-state index contributed by atoms with van der Waals surface area (Å²) in [4.78, 5) is 39.1. The Morgan fingerprint density at radius 3 is 2.42 bits per heavy atom. The van der Waals surface area contributed by atoms with E-state index in [2.05, 4.69) is 10.2 Å². The maximum absolute atomic E-state index is 12.9. The molecule has 9 nitrogen and oxygen atoms in total. The van der Waals surface area contributed by atoms with Gasteiger partial charge in [-0.2, -0.15) is 0 Å². The molecule has 2 aliphatic rings. The molecule has 1 aromatic carbocycles. The summed E-state index contributed by atoms with van der Waals surface area (Å²) in [5, 5.41) is 2.35. The average molecular weight is 431 g/mol. The first-order valence-corrected chi connectivity index (χ1v) is 10.8. The molecule has 1 atom stereocenters. The fourth-order valence-corrected chi connectivity index (χ4v) is 4.77. The number of methoxy groups -OCH3 is 2. The lowest BCUT2D eigenvalue weighted by Gasteiger charge is -2.34. The number of carbonyl (C=O) groups is 2. The van der Waals surface area contributed by atoms with E-state index in [0.717, 1.165) is 43.6 Å². The number of imidazole rings is 1. The Bertz CT molecular complexity index is 1030. The second-order valence-electron chi connectivity index (χ2n) is 8.42. The zero-order valence-electron chi connectivity index (χ0n) is 18.3. The number of aromatic nitrogens is 2. The molecule has 2 saturated heterocycles. The summed E-state index contributed by atoms with van der Waals surface area (Å²) in [6.07, 6.45) is 3.41. The molecule has 168 valence electrons. The van der Waals surface area contributed by atoms with E-state index in [4.69, 9.17) is 9.47 Å². The molecule has 2 aliphatic heterocycles. The minimum absolute atomic E-state index is 0.158. The molecule has 0 radical (unpaired) electrons. The second kappa shape index (κ2) is 8.84. The van der Waals surface area contributed by atoms with E-state index in [1.165, 1.54) is 4.57 Å². The highest BCUT2D eigenvalue weighted by atomic mass is 16.7. The number of nitrogens with one attached hydrogen (secondary N) is 1. The fraction of sp³-hybridized carbons (Fsp3) is 0.591. The Labute approximate surface area is 180 Å². The molecule has 0 bridgehead atoms. The number of nitrogens with zero attached hydrogens (tertiary/aromatic N) is 3. The normalized spacial score (nSPS) is 20.6. The molecular weight excluding hydrogens is 400 g/mol. The summed E-state index contributed by atoms with van der Waals surface area (Å²) in [6, 6.07) is 5.28. The lowest BCUT2D eigenvalue weighted by atomic mass is 9.93. The molecule has 31 heavy (non-hydrogen) atoms. The summed E-state index contributed by atoms with van der Waals surface area (Å²) in [5.74, 6) is -0.146. The van der Waals surface area contributed by atoms with Crippen LogP contribution in [0.1, 0.15) is 38.1 Å². The third kappa shape index (κ3) is 4.12. The van der Waals surface area contributed by atoms with E-state index in [1.54, 1.807) is 25.8 Å². The van der Waals surface area contributed by atoms with E-state index >= 15 is 0 Å². The molecule has 0 saturated carbocycles. The van der Waals surface area contributed by atoms with E-state index in [9.17, 15) is 14.4 Å². The topological polar surface area (TPSA) is 94.8 Å². The summed E-state index contributed by atoms with van der Waals surface area (Å²) >= 11 is 0. The van der Waals surface area contributed by atoms with Gasteiger partial charge in [0.05, 0.1) is 11.0 Å². The highest BCUT2D eigenvalue weighted by Crippen LogP contribution is 2.30. The molecule has 1 N–H and O–H groups in total. The predicted molar refractivity (Wildman–Crippen MR) is 116 cm³/mol. The number of carbonyl (C=O) groups excluding carboxylic acids is 2. The Morgan fingerprint density at radius 1 is 1.06 bits per heavy atom. The molecular formula is C22H30N4O5.